The second-order valence-electron chi connectivity index (χ2n) is 6.62. The molecule has 0 spiro atoms. The zero-order chi connectivity index (χ0) is 20.1. The van der Waals surface area contributed by atoms with Crippen LogP contribution in [-0.4, -0.2) is 49.7 Å². The van der Waals surface area contributed by atoms with Gasteiger partial charge in [-0.3, -0.25) is 4.79 Å². The van der Waals surface area contributed by atoms with Crippen molar-refractivity contribution in [1.82, 2.24) is 9.21 Å². The Bertz CT molecular complexity index is 1000. The van der Waals surface area contributed by atoms with Crippen LogP contribution in [0.1, 0.15) is 27.9 Å². The molecule has 0 N–H and O–H groups in total. The van der Waals surface area contributed by atoms with E-state index in [0.717, 1.165) is 0 Å². The second kappa shape index (κ2) is 8.50. The number of nitriles is 1. The van der Waals surface area contributed by atoms with Crippen LogP contribution in [-0.2, 0) is 15.8 Å². The number of benzene rings is 2. The van der Waals surface area contributed by atoms with Gasteiger partial charge in [-0.15, -0.1) is 0 Å². The van der Waals surface area contributed by atoms with Gasteiger partial charge in [0.25, 0.3) is 5.91 Å². The summed E-state index contributed by atoms with van der Waals surface area (Å²) in [5.74, 6) is -0.833. The number of rotatable bonds is 4. The van der Waals surface area contributed by atoms with Gasteiger partial charge < -0.3 is 4.90 Å². The molecule has 0 saturated carbocycles. The Morgan fingerprint density at radius 3 is 2.54 bits per heavy atom. The van der Waals surface area contributed by atoms with E-state index >= 15 is 0 Å². The van der Waals surface area contributed by atoms with Crippen molar-refractivity contribution < 1.29 is 17.6 Å². The van der Waals surface area contributed by atoms with E-state index in [1.54, 1.807) is 29.2 Å². The fraction of sp³-hybridized carbons (Fsp3) is 0.300. The fourth-order valence-corrected chi connectivity index (χ4v) is 4.73. The molecule has 2 aromatic carbocycles. The van der Waals surface area contributed by atoms with E-state index in [9.17, 15) is 17.6 Å². The first-order chi connectivity index (χ1) is 13.4. The maximum Gasteiger partial charge on any atom is 0.253 e. The summed E-state index contributed by atoms with van der Waals surface area (Å²) in [5, 5.41) is 8.97. The molecule has 0 radical (unpaired) electrons. The Morgan fingerprint density at radius 2 is 1.82 bits per heavy atom. The van der Waals surface area contributed by atoms with E-state index in [1.807, 2.05) is 6.07 Å². The van der Waals surface area contributed by atoms with Crippen LogP contribution in [0.25, 0.3) is 0 Å². The molecule has 3 rings (SSSR count). The highest BCUT2D eigenvalue weighted by atomic mass is 32.2. The summed E-state index contributed by atoms with van der Waals surface area (Å²) < 4.78 is 40.0. The molecule has 1 heterocycles. The Balaban J connectivity index is 1.67. The minimum Gasteiger partial charge on any atom is -0.337 e. The van der Waals surface area contributed by atoms with Crippen molar-refractivity contribution in [1.29, 1.82) is 5.26 Å². The summed E-state index contributed by atoms with van der Waals surface area (Å²) in [6.45, 7) is 1.24. The number of carbonyl (C=O) groups is 1. The molecule has 8 heteroatoms. The largest absolute Gasteiger partial charge is 0.337 e. The van der Waals surface area contributed by atoms with Crippen LogP contribution >= 0.6 is 0 Å². The van der Waals surface area contributed by atoms with Crippen LogP contribution in [0.15, 0.2) is 48.5 Å². The number of amides is 1. The summed E-state index contributed by atoms with van der Waals surface area (Å²) in [6.07, 6.45) is 0.518. The van der Waals surface area contributed by atoms with E-state index in [0.29, 0.717) is 36.2 Å². The van der Waals surface area contributed by atoms with Crippen LogP contribution in [0, 0.1) is 17.1 Å². The molecule has 1 amide bonds. The van der Waals surface area contributed by atoms with Crippen LogP contribution in [0.3, 0.4) is 0 Å². The Kier molecular flexibility index (Phi) is 6.07. The molecule has 6 nitrogen and oxygen atoms in total. The molecule has 0 aliphatic carbocycles. The zero-order valence-corrected chi connectivity index (χ0v) is 16.0. The monoisotopic (exact) mass is 401 g/mol. The number of halogens is 1. The van der Waals surface area contributed by atoms with Gasteiger partial charge in [0.1, 0.15) is 5.82 Å². The highest BCUT2D eigenvalue weighted by Gasteiger charge is 2.27. The van der Waals surface area contributed by atoms with Gasteiger partial charge in [-0.25, -0.2) is 12.8 Å². The van der Waals surface area contributed by atoms with Crippen molar-refractivity contribution in [3.63, 3.8) is 0 Å². The summed E-state index contributed by atoms with van der Waals surface area (Å²) in [5.41, 5.74) is 1.35. The van der Waals surface area contributed by atoms with Crippen molar-refractivity contribution >= 4 is 15.9 Å². The first kappa shape index (κ1) is 20.0. The third-order valence-electron chi connectivity index (χ3n) is 4.63. The minimum absolute atomic E-state index is 0.186. The van der Waals surface area contributed by atoms with Crippen molar-refractivity contribution in [2.75, 3.05) is 26.2 Å². The predicted molar refractivity (Wildman–Crippen MR) is 102 cm³/mol. The van der Waals surface area contributed by atoms with Crippen LogP contribution in [0.2, 0.25) is 0 Å². The average Bonchev–Trinajstić information content (AvgIpc) is 2.95. The van der Waals surface area contributed by atoms with E-state index < -0.39 is 15.8 Å². The molecule has 28 heavy (non-hydrogen) atoms. The average molecular weight is 401 g/mol. The smallest absolute Gasteiger partial charge is 0.253 e. The third kappa shape index (κ3) is 4.74. The van der Waals surface area contributed by atoms with Crippen molar-refractivity contribution in [3.05, 3.63) is 71.0 Å². The second-order valence-corrected chi connectivity index (χ2v) is 8.59. The molecule has 2 aromatic rings. The lowest BCUT2D eigenvalue weighted by Gasteiger charge is -2.22. The van der Waals surface area contributed by atoms with Gasteiger partial charge in [0.2, 0.25) is 10.0 Å². The fourth-order valence-electron chi connectivity index (χ4n) is 3.18. The standard InChI is InChI=1S/C20H20FN3O3S/c21-19-7-5-18(6-8-19)20(25)23-9-2-10-24(12-11-23)28(26,27)15-17-4-1-3-16(13-17)14-22/h1,3-8,13H,2,9-12,15H2. The third-order valence-corrected chi connectivity index (χ3v) is 6.48. The summed E-state index contributed by atoms with van der Waals surface area (Å²) in [6, 6.07) is 13.9. The summed E-state index contributed by atoms with van der Waals surface area (Å²) in [4.78, 5) is 14.2. The normalized spacial score (nSPS) is 15.6. The van der Waals surface area contributed by atoms with Gasteiger partial charge in [0, 0.05) is 31.7 Å². The number of sulfonamides is 1. The molecule has 1 aliphatic heterocycles. The van der Waals surface area contributed by atoms with Crippen LogP contribution in [0.4, 0.5) is 4.39 Å². The van der Waals surface area contributed by atoms with Crippen LogP contribution in [0.5, 0.6) is 0 Å². The molecule has 0 atom stereocenters. The van der Waals surface area contributed by atoms with Gasteiger partial charge in [0.15, 0.2) is 0 Å². The minimum atomic E-state index is -3.57. The van der Waals surface area contributed by atoms with Gasteiger partial charge >= 0.3 is 0 Å². The Hall–Kier alpha value is -2.76. The first-order valence-corrected chi connectivity index (χ1v) is 10.5. The van der Waals surface area contributed by atoms with E-state index in [4.69, 9.17) is 5.26 Å². The quantitative estimate of drug-likeness (QED) is 0.788. The molecular formula is C20H20FN3O3S. The van der Waals surface area contributed by atoms with E-state index in [2.05, 4.69) is 0 Å². The number of nitrogens with zero attached hydrogens (tertiary/aromatic N) is 3. The number of hydrogen-bond donors (Lipinski definition) is 0. The zero-order valence-electron chi connectivity index (χ0n) is 15.2. The van der Waals surface area contributed by atoms with Crippen molar-refractivity contribution in [3.8, 4) is 6.07 Å². The maximum atomic E-state index is 13.1. The molecular weight excluding hydrogens is 381 g/mol. The van der Waals surface area contributed by atoms with E-state index in [-0.39, 0.29) is 24.7 Å². The SMILES string of the molecule is N#Cc1cccc(CS(=O)(=O)N2CCCN(C(=O)c3ccc(F)cc3)CC2)c1. The number of carbonyl (C=O) groups excluding carboxylic acids is 1. The summed E-state index contributed by atoms with van der Waals surface area (Å²) in [7, 11) is -3.57. The summed E-state index contributed by atoms with van der Waals surface area (Å²) >= 11 is 0. The Morgan fingerprint density at radius 1 is 1.07 bits per heavy atom. The first-order valence-electron chi connectivity index (χ1n) is 8.91. The maximum absolute atomic E-state index is 13.1. The molecule has 1 saturated heterocycles. The lowest BCUT2D eigenvalue weighted by atomic mass is 10.2. The molecule has 0 aromatic heterocycles. The van der Waals surface area contributed by atoms with Gasteiger partial charge in [0.05, 0.1) is 17.4 Å². The predicted octanol–water partition coefficient (Wildman–Crippen LogP) is 2.38. The topological polar surface area (TPSA) is 81.5 Å². The Labute approximate surface area is 163 Å². The lowest BCUT2D eigenvalue weighted by molar-refractivity contribution is 0.0764. The van der Waals surface area contributed by atoms with Crippen molar-refractivity contribution in [2.45, 2.75) is 12.2 Å². The van der Waals surface area contributed by atoms with Gasteiger partial charge in [-0.05, 0) is 48.4 Å². The van der Waals surface area contributed by atoms with Crippen molar-refractivity contribution in [2.24, 2.45) is 0 Å². The van der Waals surface area contributed by atoms with Gasteiger partial charge in [-0.1, -0.05) is 12.1 Å². The molecule has 146 valence electrons. The lowest BCUT2D eigenvalue weighted by Crippen LogP contribution is -2.37. The van der Waals surface area contributed by atoms with Crippen LogP contribution < -0.4 is 0 Å². The van der Waals surface area contributed by atoms with E-state index in [1.165, 1.54) is 28.6 Å². The van der Waals surface area contributed by atoms with Gasteiger partial charge in [-0.2, -0.15) is 9.57 Å². The highest BCUT2D eigenvalue weighted by Crippen LogP contribution is 2.16. The molecule has 1 aliphatic rings. The highest BCUT2D eigenvalue weighted by molar-refractivity contribution is 7.88. The number of hydrogen-bond acceptors (Lipinski definition) is 4. The molecule has 1 fully saturated rings. The molecule has 0 unspecified atom stereocenters. The molecule has 0 bridgehead atoms.